The lowest BCUT2D eigenvalue weighted by molar-refractivity contribution is 0.123. The Labute approximate surface area is 142 Å². The maximum Gasteiger partial charge on any atom is 0.129 e. The molecular weight excluding hydrogens is 355 g/mol. The third-order valence-corrected chi connectivity index (χ3v) is 4.60. The van der Waals surface area contributed by atoms with E-state index in [0.29, 0.717) is 5.92 Å². The van der Waals surface area contributed by atoms with E-state index in [0.717, 1.165) is 49.1 Å². The van der Waals surface area contributed by atoms with Crippen LogP contribution in [0.15, 0.2) is 22.7 Å². The van der Waals surface area contributed by atoms with Crippen molar-refractivity contribution in [1.82, 2.24) is 10.2 Å². The van der Waals surface area contributed by atoms with Crippen LogP contribution in [0.3, 0.4) is 0 Å². The summed E-state index contributed by atoms with van der Waals surface area (Å²) in [4.78, 5) is 2.43. The SMILES string of the molecule is CCCC(C)[C@H](c1ccc(Br)cc1F)N1CCNCC1.Cl. The van der Waals surface area contributed by atoms with Crippen molar-refractivity contribution in [2.24, 2.45) is 5.92 Å². The van der Waals surface area contributed by atoms with Crippen LogP contribution in [-0.2, 0) is 0 Å². The molecule has 0 saturated carbocycles. The minimum atomic E-state index is -0.0918. The maximum atomic E-state index is 14.4. The third-order valence-electron chi connectivity index (χ3n) is 4.11. The van der Waals surface area contributed by atoms with Gasteiger partial charge in [-0.3, -0.25) is 4.90 Å². The molecule has 1 fully saturated rings. The molecular formula is C16H25BrClFN2. The molecule has 0 aromatic heterocycles. The summed E-state index contributed by atoms with van der Waals surface area (Å²) in [6.07, 6.45) is 2.27. The van der Waals surface area contributed by atoms with Crippen LogP contribution >= 0.6 is 28.3 Å². The first kappa shape index (κ1) is 18.9. The fourth-order valence-corrected chi connectivity index (χ4v) is 3.51. The maximum absolute atomic E-state index is 14.4. The average molecular weight is 380 g/mol. The van der Waals surface area contributed by atoms with Gasteiger partial charge < -0.3 is 5.32 Å². The molecule has 0 bridgehead atoms. The molecule has 1 saturated heterocycles. The molecule has 0 aliphatic carbocycles. The normalized spacial score (nSPS) is 18.9. The highest BCUT2D eigenvalue weighted by molar-refractivity contribution is 9.10. The van der Waals surface area contributed by atoms with Crippen molar-refractivity contribution < 1.29 is 4.39 Å². The first-order chi connectivity index (χ1) is 9.63. The van der Waals surface area contributed by atoms with Crippen molar-refractivity contribution in [3.8, 4) is 0 Å². The summed E-state index contributed by atoms with van der Waals surface area (Å²) < 4.78 is 15.2. The van der Waals surface area contributed by atoms with E-state index in [1.54, 1.807) is 6.07 Å². The summed E-state index contributed by atoms with van der Waals surface area (Å²) in [7, 11) is 0. The summed E-state index contributed by atoms with van der Waals surface area (Å²) in [5, 5.41) is 3.37. The minimum absolute atomic E-state index is 0. The van der Waals surface area contributed by atoms with Crippen molar-refractivity contribution in [2.75, 3.05) is 26.2 Å². The third kappa shape index (κ3) is 4.92. The van der Waals surface area contributed by atoms with Crippen LogP contribution in [0.5, 0.6) is 0 Å². The highest BCUT2D eigenvalue weighted by Crippen LogP contribution is 2.34. The van der Waals surface area contributed by atoms with E-state index in [-0.39, 0.29) is 24.3 Å². The van der Waals surface area contributed by atoms with Gasteiger partial charge in [0.15, 0.2) is 0 Å². The molecule has 1 N–H and O–H groups in total. The lowest BCUT2D eigenvalue weighted by Gasteiger charge is -2.38. The molecule has 2 nitrogen and oxygen atoms in total. The molecule has 0 spiro atoms. The van der Waals surface area contributed by atoms with Crippen LogP contribution in [0.1, 0.15) is 38.3 Å². The Hall–Kier alpha value is -0.160. The Kier molecular flexibility index (Phi) is 8.17. The van der Waals surface area contributed by atoms with Crippen LogP contribution in [-0.4, -0.2) is 31.1 Å². The second-order valence-electron chi connectivity index (χ2n) is 5.66. The molecule has 2 atom stereocenters. The topological polar surface area (TPSA) is 15.3 Å². The zero-order valence-corrected chi connectivity index (χ0v) is 15.1. The zero-order chi connectivity index (χ0) is 14.5. The number of hydrogen-bond acceptors (Lipinski definition) is 2. The number of halogens is 3. The van der Waals surface area contributed by atoms with Gasteiger partial charge in [0.05, 0.1) is 0 Å². The number of nitrogens with zero attached hydrogens (tertiary/aromatic N) is 1. The Morgan fingerprint density at radius 3 is 2.57 bits per heavy atom. The first-order valence-corrected chi connectivity index (χ1v) is 8.32. The highest BCUT2D eigenvalue weighted by Gasteiger charge is 2.28. The number of hydrogen-bond donors (Lipinski definition) is 1. The van der Waals surface area contributed by atoms with E-state index in [9.17, 15) is 4.39 Å². The lowest BCUT2D eigenvalue weighted by atomic mass is 9.89. The molecule has 0 amide bonds. The Balaban J connectivity index is 0.00000220. The highest BCUT2D eigenvalue weighted by atomic mass is 79.9. The lowest BCUT2D eigenvalue weighted by Crippen LogP contribution is -2.46. The molecule has 0 radical (unpaired) electrons. The van der Waals surface area contributed by atoms with Gasteiger partial charge >= 0.3 is 0 Å². The molecule has 1 aliphatic rings. The zero-order valence-electron chi connectivity index (χ0n) is 12.7. The Morgan fingerprint density at radius 2 is 2.00 bits per heavy atom. The fraction of sp³-hybridized carbons (Fsp3) is 0.625. The van der Waals surface area contributed by atoms with E-state index < -0.39 is 0 Å². The van der Waals surface area contributed by atoms with E-state index in [1.807, 2.05) is 12.1 Å². The summed E-state index contributed by atoms with van der Waals surface area (Å²) in [5.74, 6) is 0.375. The molecule has 2 rings (SSSR count). The smallest absolute Gasteiger partial charge is 0.129 e. The van der Waals surface area contributed by atoms with Gasteiger partial charge in [-0.25, -0.2) is 4.39 Å². The van der Waals surface area contributed by atoms with Crippen molar-refractivity contribution in [2.45, 2.75) is 32.7 Å². The van der Waals surface area contributed by atoms with E-state index in [1.165, 1.54) is 0 Å². The molecule has 120 valence electrons. The van der Waals surface area contributed by atoms with Gasteiger partial charge in [-0.2, -0.15) is 0 Å². The average Bonchev–Trinajstić information content (AvgIpc) is 2.43. The van der Waals surface area contributed by atoms with Gasteiger partial charge in [-0.05, 0) is 24.5 Å². The monoisotopic (exact) mass is 378 g/mol. The second-order valence-corrected chi connectivity index (χ2v) is 6.58. The predicted octanol–water partition coefficient (Wildman–Crippen LogP) is 4.39. The van der Waals surface area contributed by atoms with Crippen LogP contribution in [0.4, 0.5) is 4.39 Å². The van der Waals surface area contributed by atoms with Gasteiger partial charge in [-0.15, -0.1) is 12.4 Å². The van der Waals surface area contributed by atoms with Gasteiger partial charge in [0.2, 0.25) is 0 Å². The van der Waals surface area contributed by atoms with Gasteiger partial charge in [0, 0.05) is 42.3 Å². The number of rotatable bonds is 5. The van der Waals surface area contributed by atoms with Crippen LogP contribution < -0.4 is 5.32 Å². The van der Waals surface area contributed by atoms with Crippen LogP contribution in [0, 0.1) is 11.7 Å². The second kappa shape index (κ2) is 9.09. The van der Waals surface area contributed by atoms with Crippen molar-refractivity contribution in [1.29, 1.82) is 0 Å². The first-order valence-electron chi connectivity index (χ1n) is 7.53. The molecule has 1 aromatic carbocycles. The summed E-state index contributed by atoms with van der Waals surface area (Å²) in [6, 6.07) is 5.67. The van der Waals surface area contributed by atoms with Gasteiger partial charge in [-0.1, -0.05) is 42.3 Å². The number of benzene rings is 1. The molecule has 1 unspecified atom stereocenters. The van der Waals surface area contributed by atoms with Gasteiger partial charge in [0.1, 0.15) is 5.82 Å². The molecule has 5 heteroatoms. The van der Waals surface area contributed by atoms with E-state index in [4.69, 9.17) is 0 Å². The summed E-state index contributed by atoms with van der Waals surface area (Å²) >= 11 is 3.35. The van der Waals surface area contributed by atoms with Crippen molar-refractivity contribution >= 4 is 28.3 Å². The predicted molar refractivity (Wildman–Crippen MR) is 92.6 cm³/mol. The Bertz CT molecular complexity index is 438. The number of nitrogens with one attached hydrogen (secondary N) is 1. The summed E-state index contributed by atoms with van der Waals surface area (Å²) in [5.41, 5.74) is 0.844. The number of piperazine rings is 1. The van der Waals surface area contributed by atoms with Gasteiger partial charge in [0.25, 0.3) is 0 Å². The van der Waals surface area contributed by atoms with Crippen molar-refractivity contribution in [3.63, 3.8) is 0 Å². The minimum Gasteiger partial charge on any atom is -0.314 e. The standard InChI is InChI=1S/C16H24BrFN2.ClH/c1-3-4-12(2)16(20-9-7-19-8-10-20)14-6-5-13(17)11-15(14)18;/h5-6,11-12,16,19H,3-4,7-10H2,1-2H3;1H/t12?,16-;/m1./s1. The largest absolute Gasteiger partial charge is 0.314 e. The molecule has 21 heavy (non-hydrogen) atoms. The van der Waals surface area contributed by atoms with Crippen LogP contribution in [0.2, 0.25) is 0 Å². The molecule has 1 heterocycles. The van der Waals surface area contributed by atoms with E-state index >= 15 is 0 Å². The van der Waals surface area contributed by atoms with Crippen LogP contribution in [0.25, 0.3) is 0 Å². The molecule has 1 aliphatic heterocycles. The van der Waals surface area contributed by atoms with E-state index in [2.05, 4.69) is 40.0 Å². The van der Waals surface area contributed by atoms with Crippen molar-refractivity contribution in [3.05, 3.63) is 34.1 Å². The Morgan fingerprint density at radius 1 is 1.33 bits per heavy atom. The fourth-order valence-electron chi connectivity index (χ4n) is 3.18. The quantitative estimate of drug-likeness (QED) is 0.816. The summed E-state index contributed by atoms with van der Waals surface area (Å²) in [6.45, 7) is 8.42. The molecule has 1 aromatic rings.